The van der Waals surface area contributed by atoms with Gasteiger partial charge in [0.2, 0.25) is 5.91 Å². The number of amides is 1. The third-order valence-corrected chi connectivity index (χ3v) is 5.15. The van der Waals surface area contributed by atoms with Gasteiger partial charge in [-0.2, -0.15) is 0 Å². The number of carbonyl (C=O) groups excluding carboxylic acids is 1. The number of aromatic nitrogens is 2. The second kappa shape index (κ2) is 5.81. The van der Waals surface area contributed by atoms with E-state index in [2.05, 4.69) is 21.4 Å². The second-order valence-corrected chi connectivity index (χ2v) is 7.21. The Balaban J connectivity index is 1.53. The Kier molecular flexibility index (Phi) is 3.65. The number of fused-ring (bicyclic) bond motifs is 1. The fourth-order valence-corrected chi connectivity index (χ4v) is 3.61. The van der Waals surface area contributed by atoms with Crippen molar-refractivity contribution in [1.82, 2.24) is 14.9 Å². The zero-order valence-electron chi connectivity index (χ0n) is 13.1. The van der Waals surface area contributed by atoms with Gasteiger partial charge in [-0.1, -0.05) is 18.2 Å². The van der Waals surface area contributed by atoms with E-state index in [1.807, 2.05) is 36.2 Å². The maximum absolute atomic E-state index is 12.8. The van der Waals surface area contributed by atoms with Crippen molar-refractivity contribution in [3.63, 3.8) is 0 Å². The summed E-state index contributed by atoms with van der Waals surface area (Å²) in [6, 6.07) is 8.53. The van der Waals surface area contributed by atoms with E-state index in [-0.39, 0.29) is 5.91 Å². The lowest BCUT2D eigenvalue weighted by molar-refractivity contribution is -0.131. The molecule has 4 rings (SSSR count). The summed E-state index contributed by atoms with van der Waals surface area (Å²) in [6.45, 7) is 2.64. The standard InChI is InChI=1S/C18H19N3OS/c1-12-20-14(11-23-12)10-21(15-6-7-15)18(22)8-13-9-19-17-5-3-2-4-16(13)17/h2-5,9,11,15,19H,6-8,10H2,1H3. The van der Waals surface area contributed by atoms with Crippen molar-refractivity contribution >= 4 is 28.1 Å². The Morgan fingerprint density at radius 3 is 2.96 bits per heavy atom. The first-order valence-electron chi connectivity index (χ1n) is 7.96. The van der Waals surface area contributed by atoms with E-state index in [9.17, 15) is 4.79 Å². The quantitative estimate of drug-likeness (QED) is 0.778. The van der Waals surface area contributed by atoms with Crippen molar-refractivity contribution in [3.8, 4) is 0 Å². The molecule has 23 heavy (non-hydrogen) atoms. The highest BCUT2D eigenvalue weighted by Gasteiger charge is 2.33. The highest BCUT2D eigenvalue weighted by atomic mass is 32.1. The van der Waals surface area contributed by atoms with Crippen LogP contribution in [0.4, 0.5) is 0 Å². The lowest BCUT2D eigenvalue weighted by Crippen LogP contribution is -2.33. The summed E-state index contributed by atoms with van der Waals surface area (Å²) in [5.41, 5.74) is 3.17. The number of rotatable bonds is 5. The first-order chi connectivity index (χ1) is 11.2. The Hall–Kier alpha value is -2.14. The van der Waals surface area contributed by atoms with Gasteiger partial charge in [-0.15, -0.1) is 11.3 Å². The number of nitrogens with one attached hydrogen (secondary N) is 1. The van der Waals surface area contributed by atoms with E-state index >= 15 is 0 Å². The number of aryl methyl sites for hydroxylation is 1. The molecule has 0 bridgehead atoms. The van der Waals surface area contributed by atoms with Gasteiger partial charge in [-0.05, 0) is 31.4 Å². The number of hydrogen-bond acceptors (Lipinski definition) is 3. The summed E-state index contributed by atoms with van der Waals surface area (Å²) in [5.74, 6) is 0.197. The number of nitrogens with zero attached hydrogens (tertiary/aromatic N) is 2. The molecule has 1 aliphatic rings. The van der Waals surface area contributed by atoms with E-state index in [1.54, 1.807) is 11.3 Å². The molecule has 0 spiro atoms. The van der Waals surface area contributed by atoms with Gasteiger partial charge in [0.15, 0.2) is 0 Å². The van der Waals surface area contributed by atoms with Crippen LogP contribution in [0.2, 0.25) is 0 Å². The number of para-hydroxylation sites is 1. The van der Waals surface area contributed by atoms with E-state index in [4.69, 9.17) is 0 Å². The molecule has 1 amide bonds. The molecular formula is C18H19N3OS. The zero-order valence-corrected chi connectivity index (χ0v) is 13.9. The smallest absolute Gasteiger partial charge is 0.227 e. The summed E-state index contributed by atoms with van der Waals surface area (Å²) < 4.78 is 0. The summed E-state index contributed by atoms with van der Waals surface area (Å²) in [5, 5.41) is 4.25. The predicted molar refractivity (Wildman–Crippen MR) is 92.4 cm³/mol. The number of aromatic amines is 1. The summed E-state index contributed by atoms with van der Waals surface area (Å²) in [4.78, 5) is 22.6. The zero-order chi connectivity index (χ0) is 15.8. The fraction of sp³-hybridized carbons (Fsp3) is 0.333. The highest BCUT2D eigenvalue weighted by Crippen LogP contribution is 2.30. The Morgan fingerprint density at radius 2 is 2.22 bits per heavy atom. The topological polar surface area (TPSA) is 49.0 Å². The van der Waals surface area contributed by atoms with Gasteiger partial charge in [0.05, 0.1) is 23.7 Å². The van der Waals surface area contributed by atoms with Crippen LogP contribution < -0.4 is 0 Å². The van der Waals surface area contributed by atoms with Crippen molar-refractivity contribution in [3.05, 3.63) is 52.1 Å². The van der Waals surface area contributed by atoms with Crippen LogP contribution in [0, 0.1) is 6.92 Å². The van der Waals surface area contributed by atoms with E-state index in [0.717, 1.165) is 40.0 Å². The van der Waals surface area contributed by atoms with Crippen LogP contribution in [0.5, 0.6) is 0 Å². The SMILES string of the molecule is Cc1nc(CN(C(=O)Cc2c[nH]c3ccccc23)C2CC2)cs1. The molecule has 3 aromatic rings. The average Bonchev–Trinajstić information content (AvgIpc) is 3.19. The van der Waals surface area contributed by atoms with Gasteiger partial charge >= 0.3 is 0 Å². The minimum atomic E-state index is 0.197. The first-order valence-corrected chi connectivity index (χ1v) is 8.84. The van der Waals surface area contributed by atoms with Crippen LogP contribution in [0.15, 0.2) is 35.8 Å². The molecule has 2 aromatic heterocycles. The van der Waals surface area contributed by atoms with E-state index < -0.39 is 0 Å². The van der Waals surface area contributed by atoms with E-state index in [0.29, 0.717) is 19.0 Å². The Labute approximate surface area is 139 Å². The molecule has 0 saturated heterocycles. The van der Waals surface area contributed by atoms with Crippen molar-refractivity contribution in [1.29, 1.82) is 0 Å². The van der Waals surface area contributed by atoms with Gasteiger partial charge in [0, 0.05) is 28.5 Å². The molecule has 1 fully saturated rings. The molecule has 5 heteroatoms. The van der Waals surface area contributed by atoms with Crippen molar-refractivity contribution in [2.45, 2.75) is 38.8 Å². The first kappa shape index (κ1) is 14.5. The second-order valence-electron chi connectivity index (χ2n) is 6.15. The van der Waals surface area contributed by atoms with Crippen LogP contribution in [0.25, 0.3) is 10.9 Å². The number of hydrogen-bond donors (Lipinski definition) is 1. The highest BCUT2D eigenvalue weighted by molar-refractivity contribution is 7.09. The molecule has 1 saturated carbocycles. The molecule has 1 aliphatic carbocycles. The number of H-pyrrole nitrogens is 1. The van der Waals surface area contributed by atoms with Crippen molar-refractivity contribution in [2.24, 2.45) is 0 Å². The molecule has 0 unspecified atom stereocenters. The van der Waals surface area contributed by atoms with Gasteiger partial charge < -0.3 is 9.88 Å². The monoisotopic (exact) mass is 325 g/mol. The normalized spacial score (nSPS) is 14.3. The maximum atomic E-state index is 12.8. The molecule has 0 aliphatic heterocycles. The molecule has 1 aromatic carbocycles. The van der Waals surface area contributed by atoms with Crippen molar-refractivity contribution in [2.75, 3.05) is 0 Å². The molecule has 2 heterocycles. The van der Waals surface area contributed by atoms with Crippen LogP contribution in [-0.2, 0) is 17.8 Å². The number of benzene rings is 1. The van der Waals surface area contributed by atoms with Crippen LogP contribution in [0.1, 0.15) is 29.1 Å². The molecule has 4 nitrogen and oxygen atoms in total. The Morgan fingerprint density at radius 1 is 1.39 bits per heavy atom. The molecule has 118 valence electrons. The molecule has 1 N–H and O–H groups in total. The fourth-order valence-electron chi connectivity index (χ4n) is 3.00. The lowest BCUT2D eigenvalue weighted by Gasteiger charge is -2.21. The summed E-state index contributed by atoms with van der Waals surface area (Å²) >= 11 is 1.64. The minimum Gasteiger partial charge on any atom is -0.361 e. The third kappa shape index (κ3) is 3.01. The third-order valence-electron chi connectivity index (χ3n) is 4.32. The number of carbonyl (C=O) groups is 1. The largest absolute Gasteiger partial charge is 0.361 e. The Bertz CT molecular complexity index is 847. The van der Waals surface area contributed by atoms with Gasteiger partial charge in [-0.25, -0.2) is 4.98 Å². The van der Waals surface area contributed by atoms with Crippen molar-refractivity contribution < 1.29 is 4.79 Å². The minimum absolute atomic E-state index is 0.197. The lowest BCUT2D eigenvalue weighted by atomic mass is 10.1. The average molecular weight is 325 g/mol. The molecule has 0 atom stereocenters. The molecule has 0 radical (unpaired) electrons. The van der Waals surface area contributed by atoms with Crippen LogP contribution in [0.3, 0.4) is 0 Å². The van der Waals surface area contributed by atoms with E-state index in [1.165, 1.54) is 0 Å². The van der Waals surface area contributed by atoms with Crippen LogP contribution in [-0.4, -0.2) is 26.8 Å². The summed E-state index contributed by atoms with van der Waals surface area (Å²) in [7, 11) is 0. The van der Waals surface area contributed by atoms with Gasteiger partial charge in [0.1, 0.15) is 0 Å². The summed E-state index contributed by atoms with van der Waals surface area (Å²) in [6.07, 6.45) is 4.63. The van der Waals surface area contributed by atoms with Gasteiger partial charge in [0.25, 0.3) is 0 Å². The molecular weight excluding hydrogens is 306 g/mol. The number of thiazole rings is 1. The predicted octanol–water partition coefficient (Wildman–Crippen LogP) is 3.67. The van der Waals surface area contributed by atoms with Crippen LogP contribution >= 0.6 is 11.3 Å². The maximum Gasteiger partial charge on any atom is 0.227 e. The van der Waals surface area contributed by atoms with Gasteiger partial charge in [-0.3, -0.25) is 4.79 Å².